The highest BCUT2D eigenvalue weighted by Crippen LogP contribution is 2.11. The van der Waals surface area contributed by atoms with Crippen LogP contribution in [0.1, 0.15) is 0 Å². The summed E-state index contributed by atoms with van der Waals surface area (Å²) in [5.41, 5.74) is 0.646. The molecule has 0 aliphatic rings. The average Bonchev–Trinajstić information content (AvgIpc) is 2.23. The Bertz CT molecular complexity index is 551. The van der Waals surface area contributed by atoms with Crippen LogP contribution in [0.5, 0.6) is 0 Å². The molecular weight excluding hydrogens is 307 g/mol. The van der Waals surface area contributed by atoms with E-state index in [1.54, 1.807) is 7.11 Å². The van der Waals surface area contributed by atoms with Gasteiger partial charge in [-0.1, -0.05) is 0 Å². The second kappa shape index (κ2) is 4.28. The molecule has 0 N–H and O–H groups in total. The number of rotatable bonds is 2. The summed E-state index contributed by atoms with van der Waals surface area (Å²) >= 11 is 2.17. The number of halogens is 1. The van der Waals surface area contributed by atoms with Crippen molar-refractivity contribution in [1.29, 1.82) is 0 Å². The second-order valence-corrected chi connectivity index (χ2v) is 4.34. The molecule has 0 spiro atoms. The third kappa shape index (κ3) is 2.03. The third-order valence-corrected chi connectivity index (χ3v) is 2.73. The number of ether oxygens (including phenoxy) is 1. The van der Waals surface area contributed by atoms with Crippen LogP contribution < -0.4 is 5.56 Å². The molecule has 0 amide bonds. The lowest BCUT2D eigenvalue weighted by Crippen LogP contribution is -2.21. The van der Waals surface area contributed by atoms with E-state index in [1.165, 1.54) is 10.9 Å². The van der Waals surface area contributed by atoms with Crippen molar-refractivity contribution in [3.63, 3.8) is 0 Å². The quantitative estimate of drug-likeness (QED) is 0.791. The zero-order chi connectivity index (χ0) is 10.8. The minimum absolute atomic E-state index is 0.0691. The number of hydrogen-bond donors (Lipinski definition) is 0. The predicted molar refractivity (Wildman–Crippen MR) is 65.7 cm³/mol. The molecule has 1 aromatic carbocycles. The van der Waals surface area contributed by atoms with Crippen molar-refractivity contribution in [2.75, 3.05) is 7.11 Å². The molecule has 5 heteroatoms. The summed E-state index contributed by atoms with van der Waals surface area (Å²) in [4.78, 5) is 16.1. The molecule has 1 aromatic heterocycles. The van der Waals surface area contributed by atoms with Crippen molar-refractivity contribution in [2.45, 2.75) is 6.73 Å². The SMILES string of the molecule is COCn1cnc2ccc(I)cc2c1=O. The highest BCUT2D eigenvalue weighted by molar-refractivity contribution is 14.1. The van der Waals surface area contributed by atoms with Gasteiger partial charge in [-0.25, -0.2) is 4.98 Å². The maximum absolute atomic E-state index is 11.9. The van der Waals surface area contributed by atoms with Crippen LogP contribution in [0.25, 0.3) is 10.9 Å². The molecule has 2 aromatic rings. The lowest BCUT2D eigenvalue weighted by Gasteiger charge is -2.04. The first kappa shape index (κ1) is 10.6. The molecule has 0 saturated heterocycles. The Morgan fingerprint density at radius 3 is 3.07 bits per heavy atom. The van der Waals surface area contributed by atoms with Crippen LogP contribution in [0.15, 0.2) is 29.3 Å². The highest BCUT2D eigenvalue weighted by atomic mass is 127. The van der Waals surface area contributed by atoms with Crippen molar-refractivity contribution in [3.05, 3.63) is 38.5 Å². The van der Waals surface area contributed by atoms with Crippen LogP contribution in [0, 0.1) is 3.57 Å². The summed E-state index contributed by atoms with van der Waals surface area (Å²) < 4.78 is 7.37. The average molecular weight is 316 g/mol. The van der Waals surface area contributed by atoms with E-state index < -0.39 is 0 Å². The lowest BCUT2D eigenvalue weighted by molar-refractivity contribution is 0.128. The maximum atomic E-state index is 11.9. The highest BCUT2D eigenvalue weighted by Gasteiger charge is 2.03. The fourth-order valence-corrected chi connectivity index (χ4v) is 1.85. The van der Waals surface area contributed by atoms with Crippen LogP contribution in [0.3, 0.4) is 0 Å². The molecule has 4 nitrogen and oxygen atoms in total. The molecule has 1 heterocycles. The van der Waals surface area contributed by atoms with Gasteiger partial charge in [-0.2, -0.15) is 0 Å². The summed E-state index contributed by atoms with van der Waals surface area (Å²) in [5.74, 6) is 0. The zero-order valence-electron chi connectivity index (χ0n) is 8.11. The Hall–Kier alpha value is -0.950. The summed E-state index contributed by atoms with van der Waals surface area (Å²) in [5, 5.41) is 0.626. The molecule has 0 aliphatic carbocycles. The smallest absolute Gasteiger partial charge is 0.263 e. The van der Waals surface area contributed by atoms with Gasteiger partial charge < -0.3 is 4.74 Å². The number of fused-ring (bicyclic) bond motifs is 1. The molecule has 0 saturated carbocycles. The first-order valence-corrected chi connectivity index (χ1v) is 5.44. The minimum atomic E-state index is -0.0691. The minimum Gasteiger partial charge on any atom is -0.364 e. The zero-order valence-corrected chi connectivity index (χ0v) is 10.3. The van der Waals surface area contributed by atoms with E-state index in [2.05, 4.69) is 27.6 Å². The third-order valence-electron chi connectivity index (χ3n) is 2.05. The van der Waals surface area contributed by atoms with Crippen molar-refractivity contribution >= 4 is 33.5 Å². The van der Waals surface area contributed by atoms with Crippen molar-refractivity contribution in [3.8, 4) is 0 Å². The van der Waals surface area contributed by atoms with Crippen LogP contribution >= 0.6 is 22.6 Å². The summed E-state index contributed by atoms with van der Waals surface area (Å²) in [6.45, 7) is 0.229. The van der Waals surface area contributed by atoms with Gasteiger partial charge in [0.1, 0.15) is 13.1 Å². The standard InChI is InChI=1S/C10H9IN2O2/c1-15-6-13-5-12-9-3-2-7(11)4-8(9)10(13)14/h2-5H,6H2,1H3. The molecule has 0 radical (unpaired) electrons. The van der Waals surface area contributed by atoms with Crippen molar-refractivity contribution < 1.29 is 4.74 Å². The Morgan fingerprint density at radius 2 is 2.33 bits per heavy atom. The number of hydrogen-bond acceptors (Lipinski definition) is 3. The van der Waals surface area contributed by atoms with E-state index in [4.69, 9.17) is 4.74 Å². The van der Waals surface area contributed by atoms with Crippen LogP contribution in [-0.4, -0.2) is 16.7 Å². The molecule has 0 unspecified atom stereocenters. The van der Waals surface area contributed by atoms with Gasteiger partial charge in [-0.15, -0.1) is 0 Å². The molecule has 15 heavy (non-hydrogen) atoms. The van der Waals surface area contributed by atoms with E-state index in [1.807, 2.05) is 18.2 Å². The molecule has 0 bridgehead atoms. The summed E-state index contributed by atoms with van der Waals surface area (Å²) in [6.07, 6.45) is 1.50. The Balaban J connectivity index is 2.71. The van der Waals surface area contributed by atoms with Gasteiger partial charge in [0.25, 0.3) is 5.56 Å². The maximum Gasteiger partial charge on any atom is 0.263 e. The normalized spacial score (nSPS) is 10.8. The Morgan fingerprint density at radius 1 is 1.53 bits per heavy atom. The molecule has 0 fully saturated rings. The molecule has 78 valence electrons. The fourth-order valence-electron chi connectivity index (χ4n) is 1.36. The van der Waals surface area contributed by atoms with Gasteiger partial charge in [0.2, 0.25) is 0 Å². The van der Waals surface area contributed by atoms with E-state index >= 15 is 0 Å². The first-order valence-electron chi connectivity index (χ1n) is 4.36. The number of benzene rings is 1. The largest absolute Gasteiger partial charge is 0.364 e. The molecule has 0 aliphatic heterocycles. The van der Waals surface area contributed by atoms with Gasteiger partial charge in [0, 0.05) is 10.7 Å². The Labute approximate surface area is 100 Å². The van der Waals surface area contributed by atoms with Crippen LogP contribution in [0.2, 0.25) is 0 Å². The molecular formula is C10H9IN2O2. The topological polar surface area (TPSA) is 44.1 Å². The van der Waals surface area contributed by atoms with Gasteiger partial charge in [-0.3, -0.25) is 9.36 Å². The summed E-state index contributed by atoms with van der Waals surface area (Å²) in [7, 11) is 1.55. The molecule has 0 atom stereocenters. The predicted octanol–water partition coefficient (Wildman–Crippen LogP) is 1.60. The van der Waals surface area contributed by atoms with E-state index in [0.29, 0.717) is 10.9 Å². The fraction of sp³-hybridized carbons (Fsp3) is 0.200. The number of nitrogens with zero attached hydrogens (tertiary/aromatic N) is 2. The number of methoxy groups -OCH3 is 1. The van der Waals surface area contributed by atoms with Crippen molar-refractivity contribution in [2.24, 2.45) is 0 Å². The van der Waals surface area contributed by atoms with Gasteiger partial charge in [0.05, 0.1) is 10.9 Å². The van der Waals surface area contributed by atoms with E-state index in [-0.39, 0.29) is 12.3 Å². The molecule has 2 rings (SSSR count). The first-order chi connectivity index (χ1) is 7.22. The number of aromatic nitrogens is 2. The van der Waals surface area contributed by atoms with Gasteiger partial charge in [-0.05, 0) is 40.8 Å². The van der Waals surface area contributed by atoms with E-state index in [9.17, 15) is 4.79 Å². The van der Waals surface area contributed by atoms with Gasteiger partial charge >= 0.3 is 0 Å². The lowest BCUT2D eigenvalue weighted by atomic mass is 10.2. The summed E-state index contributed by atoms with van der Waals surface area (Å²) in [6, 6.07) is 5.60. The van der Waals surface area contributed by atoms with Crippen molar-refractivity contribution in [1.82, 2.24) is 9.55 Å². The van der Waals surface area contributed by atoms with Crippen LogP contribution in [0.4, 0.5) is 0 Å². The second-order valence-electron chi connectivity index (χ2n) is 3.10. The Kier molecular flexibility index (Phi) is 3.01. The monoisotopic (exact) mass is 316 g/mol. The van der Waals surface area contributed by atoms with Gasteiger partial charge in [0.15, 0.2) is 0 Å². The van der Waals surface area contributed by atoms with E-state index in [0.717, 1.165) is 3.57 Å². The van der Waals surface area contributed by atoms with Crippen LogP contribution in [-0.2, 0) is 11.5 Å².